The maximum atomic E-state index is 9.85. The lowest BCUT2D eigenvalue weighted by Crippen LogP contribution is -1.93. The van der Waals surface area contributed by atoms with Crippen molar-refractivity contribution in [1.82, 2.24) is 0 Å². The van der Waals surface area contributed by atoms with E-state index in [1.807, 2.05) is 31.2 Å². The van der Waals surface area contributed by atoms with Gasteiger partial charge in [-0.15, -0.1) is 0 Å². The van der Waals surface area contributed by atoms with Crippen LogP contribution in [0, 0.1) is 6.92 Å². The van der Waals surface area contributed by atoms with E-state index in [1.54, 1.807) is 6.07 Å². The van der Waals surface area contributed by atoms with E-state index in [2.05, 4.69) is 19.1 Å². The number of phenolic OH excluding ortho intramolecular Hbond substituents is 1. The Bertz CT molecular complexity index is 500. The molecule has 2 aromatic carbocycles. The van der Waals surface area contributed by atoms with Crippen LogP contribution in [0.2, 0.25) is 0 Å². The average molecular weight is 226 g/mol. The van der Waals surface area contributed by atoms with Gasteiger partial charge in [0.2, 0.25) is 0 Å². The van der Waals surface area contributed by atoms with Crippen molar-refractivity contribution in [3.8, 4) is 16.9 Å². The summed E-state index contributed by atoms with van der Waals surface area (Å²) < 4.78 is 0. The van der Waals surface area contributed by atoms with E-state index in [0.717, 1.165) is 18.4 Å². The minimum atomic E-state index is 0.378. The predicted molar refractivity (Wildman–Crippen MR) is 72.3 cm³/mol. The minimum Gasteiger partial charge on any atom is -0.508 e. The van der Waals surface area contributed by atoms with Crippen LogP contribution in [0.1, 0.15) is 24.5 Å². The molecule has 17 heavy (non-hydrogen) atoms. The fraction of sp³-hybridized carbons (Fsp3) is 0.250. The topological polar surface area (TPSA) is 20.2 Å². The number of aryl methyl sites for hydroxylation is 1. The van der Waals surface area contributed by atoms with Crippen LogP contribution in [-0.4, -0.2) is 5.11 Å². The first-order valence-electron chi connectivity index (χ1n) is 6.11. The summed E-state index contributed by atoms with van der Waals surface area (Å²) in [5, 5.41) is 9.85. The molecule has 0 saturated carbocycles. The summed E-state index contributed by atoms with van der Waals surface area (Å²) >= 11 is 0. The fourth-order valence-electron chi connectivity index (χ4n) is 2.24. The van der Waals surface area contributed by atoms with Crippen LogP contribution in [0.15, 0.2) is 42.5 Å². The van der Waals surface area contributed by atoms with Gasteiger partial charge in [-0.25, -0.2) is 0 Å². The molecule has 0 aliphatic rings. The number of rotatable bonds is 3. The highest BCUT2D eigenvalue weighted by Gasteiger charge is 2.10. The van der Waals surface area contributed by atoms with Crippen LogP contribution in [0.3, 0.4) is 0 Å². The molecule has 88 valence electrons. The lowest BCUT2D eigenvalue weighted by Gasteiger charge is -2.13. The molecule has 0 aliphatic heterocycles. The minimum absolute atomic E-state index is 0.378. The van der Waals surface area contributed by atoms with E-state index in [1.165, 1.54) is 16.7 Å². The highest BCUT2D eigenvalue weighted by molar-refractivity contribution is 5.73. The van der Waals surface area contributed by atoms with Crippen molar-refractivity contribution in [2.45, 2.75) is 26.7 Å². The van der Waals surface area contributed by atoms with Gasteiger partial charge >= 0.3 is 0 Å². The van der Waals surface area contributed by atoms with Crippen LogP contribution in [0.25, 0.3) is 11.1 Å². The molecular weight excluding hydrogens is 208 g/mol. The molecule has 0 atom stereocenters. The Kier molecular flexibility index (Phi) is 3.48. The molecule has 0 heterocycles. The summed E-state index contributed by atoms with van der Waals surface area (Å²) in [5.74, 6) is 0.378. The Labute approximate surface area is 103 Å². The van der Waals surface area contributed by atoms with Gasteiger partial charge in [0.25, 0.3) is 0 Å². The van der Waals surface area contributed by atoms with Gasteiger partial charge < -0.3 is 5.11 Å². The van der Waals surface area contributed by atoms with Crippen LogP contribution in [0.4, 0.5) is 0 Å². The van der Waals surface area contributed by atoms with Gasteiger partial charge in [-0.05, 0) is 41.7 Å². The largest absolute Gasteiger partial charge is 0.508 e. The van der Waals surface area contributed by atoms with Crippen molar-refractivity contribution < 1.29 is 5.11 Å². The molecule has 0 fully saturated rings. The molecule has 0 unspecified atom stereocenters. The SMILES string of the molecule is CCCc1ccc(O)c(C)c1-c1ccccc1. The molecular formula is C16H18O. The number of aromatic hydroxyl groups is 1. The Morgan fingerprint density at radius 2 is 1.71 bits per heavy atom. The number of benzene rings is 2. The summed E-state index contributed by atoms with van der Waals surface area (Å²) in [6.07, 6.45) is 2.16. The van der Waals surface area contributed by atoms with E-state index >= 15 is 0 Å². The van der Waals surface area contributed by atoms with E-state index < -0.39 is 0 Å². The molecule has 1 heteroatoms. The second-order valence-corrected chi connectivity index (χ2v) is 4.36. The summed E-state index contributed by atoms with van der Waals surface area (Å²) in [6.45, 7) is 4.16. The van der Waals surface area contributed by atoms with Crippen LogP contribution < -0.4 is 0 Å². The Balaban J connectivity index is 2.61. The summed E-state index contributed by atoms with van der Waals surface area (Å²) in [7, 11) is 0. The zero-order valence-corrected chi connectivity index (χ0v) is 10.4. The molecule has 0 saturated heterocycles. The number of hydrogen-bond donors (Lipinski definition) is 1. The van der Waals surface area contributed by atoms with E-state index in [0.29, 0.717) is 5.75 Å². The van der Waals surface area contributed by atoms with Crippen molar-refractivity contribution >= 4 is 0 Å². The average Bonchev–Trinajstić information content (AvgIpc) is 2.36. The van der Waals surface area contributed by atoms with E-state index in [9.17, 15) is 5.11 Å². The maximum Gasteiger partial charge on any atom is 0.119 e. The van der Waals surface area contributed by atoms with Crippen molar-refractivity contribution in [3.63, 3.8) is 0 Å². The smallest absolute Gasteiger partial charge is 0.119 e. The van der Waals surface area contributed by atoms with Gasteiger partial charge in [0.1, 0.15) is 5.75 Å². The molecule has 0 aliphatic carbocycles. The molecule has 0 radical (unpaired) electrons. The maximum absolute atomic E-state index is 9.85. The number of phenols is 1. The van der Waals surface area contributed by atoms with Gasteiger partial charge in [-0.3, -0.25) is 0 Å². The highest BCUT2D eigenvalue weighted by atomic mass is 16.3. The monoisotopic (exact) mass is 226 g/mol. The second kappa shape index (κ2) is 5.05. The van der Waals surface area contributed by atoms with Crippen molar-refractivity contribution in [2.75, 3.05) is 0 Å². The molecule has 1 nitrogen and oxygen atoms in total. The number of hydrogen-bond acceptors (Lipinski definition) is 1. The fourth-order valence-corrected chi connectivity index (χ4v) is 2.24. The zero-order chi connectivity index (χ0) is 12.3. The third-order valence-electron chi connectivity index (χ3n) is 3.10. The summed E-state index contributed by atoms with van der Waals surface area (Å²) in [6, 6.07) is 14.1. The van der Waals surface area contributed by atoms with Crippen molar-refractivity contribution in [3.05, 3.63) is 53.6 Å². The molecule has 0 aromatic heterocycles. The van der Waals surface area contributed by atoms with Crippen LogP contribution in [-0.2, 0) is 6.42 Å². The Morgan fingerprint density at radius 1 is 1.00 bits per heavy atom. The van der Waals surface area contributed by atoms with E-state index in [-0.39, 0.29) is 0 Å². The normalized spacial score (nSPS) is 10.5. The van der Waals surface area contributed by atoms with Crippen molar-refractivity contribution in [2.24, 2.45) is 0 Å². The first-order chi connectivity index (χ1) is 8.24. The molecule has 2 rings (SSSR count). The van der Waals surface area contributed by atoms with Gasteiger partial charge in [0.05, 0.1) is 0 Å². The molecule has 2 aromatic rings. The highest BCUT2D eigenvalue weighted by Crippen LogP contribution is 2.33. The molecule has 0 spiro atoms. The molecule has 0 bridgehead atoms. The zero-order valence-electron chi connectivity index (χ0n) is 10.4. The molecule has 1 N–H and O–H groups in total. The van der Waals surface area contributed by atoms with Gasteiger partial charge in [-0.2, -0.15) is 0 Å². The predicted octanol–water partition coefficient (Wildman–Crippen LogP) is 4.32. The lowest BCUT2D eigenvalue weighted by atomic mass is 9.92. The molecule has 0 amide bonds. The summed E-state index contributed by atoms with van der Waals surface area (Å²) in [4.78, 5) is 0. The quantitative estimate of drug-likeness (QED) is 0.826. The third-order valence-corrected chi connectivity index (χ3v) is 3.10. The van der Waals surface area contributed by atoms with Crippen LogP contribution in [0.5, 0.6) is 5.75 Å². The van der Waals surface area contributed by atoms with Gasteiger partial charge in [0.15, 0.2) is 0 Å². The van der Waals surface area contributed by atoms with E-state index in [4.69, 9.17) is 0 Å². The van der Waals surface area contributed by atoms with Crippen molar-refractivity contribution in [1.29, 1.82) is 0 Å². The van der Waals surface area contributed by atoms with Gasteiger partial charge in [0, 0.05) is 0 Å². The van der Waals surface area contributed by atoms with Gasteiger partial charge in [-0.1, -0.05) is 49.7 Å². The first-order valence-corrected chi connectivity index (χ1v) is 6.11. The lowest BCUT2D eigenvalue weighted by molar-refractivity contribution is 0.471. The second-order valence-electron chi connectivity index (χ2n) is 4.36. The Hall–Kier alpha value is -1.76. The van der Waals surface area contributed by atoms with Crippen LogP contribution >= 0.6 is 0 Å². The summed E-state index contributed by atoms with van der Waals surface area (Å²) in [5.41, 5.74) is 4.66. The standard InChI is InChI=1S/C16H18O/c1-3-7-13-10-11-15(17)12(2)16(13)14-8-5-4-6-9-14/h4-6,8-11,17H,3,7H2,1-2H3. The first kappa shape index (κ1) is 11.7. The third kappa shape index (κ3) is 2.33. The Morgan fingerprint density at radius 3 is 2.35 bits per heavy atom.